The molecular weight excluding hydrogens is 156 g/mol. The first kappa shape index (κ1) is 8.74. The molecular formula is C9H10O3. The maximum absolute atomic E-state index is 11.0. The molecule has 0 amide bonds. The molecule has 0 saturated carbocycles. The first-order chi connectivity index (χ1) is 5.66. The predicted molar refractivity (Wildman–Crippen MR) is 45.0 cm³/mol. The Labute approximate surface area is 69.9 Å². The summed E-state index contributed by atoms with van der Waals surface area (Å²) >= 11 is 0. The normalized spacial score (nSPS) is 9.83. The highest BCUT2D eigenvalue weighted by Gasteiger charge is 2.04. The van der Waals surface area contributed by atoms with E-state index in [4.69, 9.17) is 5.11 Å². The van der Waals surface area contributed by atoms with Gasteiger partial charge in [-0.15, -0.1) is 0 Å². The molecule has 0 aromatic heterocycles. The second-order valence-electron chi connectivity index (χ2n) is 2.56. The lowest BCUT2D eigenvalue weighted by atomic mass is 10.2. The number of aliphatic hydroxyl groups excluding tert-OH is 1. The zero-order valence-electron chi connectivity index (χ0n) is 6.74. The minimum atomic E-state index is -0.466. The first-order valence-corrected chi connectivity index (χ1v) is 3.59. The molecule has 12 heavy (non-hydrogen) atoms. The zero-order chi connectivity index (χ0) is 9.14. The number of rotatable bonds is 1. The van der Waals surface area contributed by atoms with Crippen LogP contribution >= 0.6 is 0 Å². The largest absolute Gasteiger partial charge is 0.504 e. The first-order valence-electron chi connectivity index (χ1n) is 3.59. The molecule has 0 aliphatic carbocycles. The number of hydrogen-bond acceptors (Lipinski definition) is 3. The van der Waals surface area contributed by atoms with Gasteiger partial charge in [0.05, 0.1) is 6.61 Å². The maximum Gasteiger partial charge on any atom is 0.220 e. The Hall–Kier alpha value is -1.35. The van der Waals surface area contributed by atoms with Crippen LogP contribution in [-0.2, 0) is 6.61 Å². The predicted octanol–water partition coefficient (Wildman–Crippen LogP) is 0.553. The smallest absolute Gasteiger partial charge is 0.220 e. The summed E-state index contributed by atoms with van der Waals surface area (Å²) in [7, 11) is 0. The van der Waals surface area contributed by atoms with Crippen molar-refractivity contribution in [2.24, 2.45) is 0 Å². The minimum Gasteiger partial charge on any atom is -0.504 e. The number of aryl methyl sites for hydroxylation is 1. The van der Waals surface area contributed by atoms with Crippen molar-refractivity contribution in [2.75, 3.05) is 0 Å². The molecule has 64 valence electrons. The van der Waals surface area contributed by atoms with Gasteiger partial charge in [-0.25, -0.2) is 0 Å². The molecule has 0 heterocycles. The summed E-state index contributed by atoms with van der Waals surface area (Å²) in [6, 6.07) is 4.49. The fraction of sp³-hybridized carbons (Fsp3) is 0.222. The van der Waals surface area contributed by atoms with Gasteiger partial charge in [0.2, 0.25) is 5.43 Å². The van der Waals surface area contributed by atoms with Gasteiger partial charge in [-0.3, -0.25) is 4.79 Å². The third-order valence-electron chi connectivity index (χ3n) is 1.75. The summed E-state index contributed by atoms with van der Waals surface area (Å²) in [5.41, 5.74) is 0.536. The maximum atomic E-state index is 11.0. The van der Waals surface area contributed by atoms with E-state index in [1.807, 2.05) is 0 Å². The van der Waals surface area contributed by atoms with Gasteiger partial charge in [-0.1, -0.05) is 12.1 Å². The van der Waals surface area contributed by atoms with Gasteiger partial charge in [0.15, 0.2) is 5.75 Å². The highest BCUT2D eigenvalue weighted by atomic mass is 16.3. The Morgan fingerprint density at radius 1 is 1.42 bits per heavy atom. The quantitative estimate of drug-likeness (QED) is 0.640. The fourth-order valence-corrected chi connectivity index (χ4v) is 0.994. The second kappa shape index (κ2) is 3.36. The molecule has 2 N–H and O–H groups in total. The molecule has 0 aliphatic rings. The van der Waals surface area contributed by atoms with Gasteiger partial charge >= 0.3 is 0 Å². The Kier molecular flexibility index (Phi) is 2.45. The molecule has 1 rings (SSSR count). The summed E-state index contributed by atoms with van der Waals surface area (Å²) in [4.78, 5) is 11.0. The Morgan fingerprint density at radius 3 is 2.67 bits per heavy atom. The Bertz CT molecular complexity index is 344. The second-order valence-corrected chi connectivity index (χ2v) is 2.56. The molecule has 0 fully saturated rings. The number of hydrogen-bond donors (Lipinski definition) is 2. The van der Waals surface area contributed by atoms with Crippen molar-refractivity contribution in [3.63, 3.8) is 0 Å². The van der Waals surface area contributed by atoms with Gasteiger partial charge in [-0.2, -0.15) is 0 Å². The Balaban J connectivity index is 3.55. The monoisotopic (exact) mass is 166 g/mol. The van der Waals surface area contributed by atoms with Crippen molar-refractivity contribution in [3.8, 4) is 5.75 Å². The molecule has 0 saturated heterocycles. The summed E-state index contributed by atoms with van der Waals surface area (Å²) in [6.45, 7) is 1.41. The third-order valence-corrected chi connectivity index (χ3v) is 1.75. The van der Waals surface area contributed by atoms with E-state index in [1.165, 1.54) is 6.07 Å². The molecule has 0 aliphatic heterocycles. The van der Waals surface area contributed by atoms with Gasteiger partial charge < -0.3 is 10.2 Å². The van der Waals surface area contributed by atoms with Crippen LogP contribution in [0.2, 0.25) is 0 Å². The van der Waals surface area contributed by atoms with E-state index in [0.717, 1.165) is 0 Å². The molecule has 3 nitrogen and oxygen atoms in total. The lowest BCUT2D eigenvalue weighted by Crippen LogP contribution is -1.97. The van der Waals surface area contributed by atoms with Crippen molar-refractivity contribution in [1.29, 1.82) is 0 Å². The lowest BCUT2D eigenvalue weighted by Gasteiger charge is -1.97. The van der Waals surface area contributed by atoms with Crippen molar-refractivity contribution >= 4 is 0 Å². The van der Waals surface area contributed by atoms with E-state index < -0.39 is 5.43 Å². The Morgan fingerprint density at radius 2 is 2.08 bits per heavy atom. The van der Waals surface area contributed by atoms with E-state index in [0.29, 0.717) is 11.1 Å². The standard InChI is InChI=1S/C9H10O3/c1-6-3-2-4-8(11)9(12)7(6)5-10/h2-4,10H,5H2,1H3,(H,11,12). The van der Waals surface area contributed by atoms with E-state index >= 15 is 0 Å². The van der Waals surface area contributed by atoms with Crippen LogP contribution < -0.4 is 5.43 Å². The van der Waals surface area contributed by atoms with Crippen LogP contribution in [0.15, 0.2) is 23.0 Å². The summed E-state index contributed by atoms with van der Waals surface area (Å²) in [6.07, 6.45) is 0. The molecule has 3 heteroatoms. The van der Waals surface area contributed by atoms with Crippen molar-refractivity contribution in [3.05, 3.63) is 39.5 Å². The topological polar surface area (TPSA) is 57.5 Å². The van der Waals surface area contributed by atoms with Gasteiger partial charge in [0.1, 0.15) is 0 Å². The lowest BCUT2D eigenvalue weighted by molar-refractivity contribution is 0.274. The minimum absolute atomic E-state index is 0.296. The van der Waals surface area contributed by atoms with Crippen LogP contribution in [0, 0.1) is 6.92 Å². The van der Waals surface area contributed by atoms with E-state index in [9.17, 15) is 9.90 Å². The van der Waals surface area contributed by atoms with Crippen LogP contribution in [0.5, 0.6) is 5.75 Å². The molecule has 0 spiro atoms. The zero-order valence-corrected chi connectivity index (χ0v) is 6.74. The van der Waals surface area contributed by atoms with Crippen LogP contribution in [0.4, 0.5) is 0 Å². The molecule has 1 aromatic carbocycles. The van der Waals surface area contributed by atoms with Crippen LogP contribution in [0.3, 0.4) is 0 Å². The van der Waals surface area contributed by atoms with Gasteiger partial charge in [0.25, 0.3) is 0 Å². The van der Waals surface area contributed by atoms with Crippen molar-refractivity contribution in [1.82, 2.24) is 0 Å². The van der Waals surface area contributed by atoms with Crippen LogP contribution in [0.25, 0.3) is 0 Å². The molecule has 0 unspecified atom stereocenters. The van der Waals surface area contributed by atoms with Crippen molar-refractivity contribution < 1.29 is 10.2 Å². The van der Waals surface area contributed by atoms with E-state index in [1.54, 1.807) is 19.1 Å². The summed E-state index contributed by atoms with van der Waals surface area (Å²) in [5.74, 6) is -0.361. The van der Waals surface area contributed by atoms with Crippen LogP contribution in [0.1, 0.15) is 11.1 Å². The number of aliphatic hydroxyl groups is 1. The van der Waals surface area contributed by atoms with Gasteiger partial charge in [-0.05, 0) is 18.6 Å². The number of aromatic hydroxyl groups is 1. The molecule has 0 bridgehead atoms. The highest BCUT2D eigenvalue weighted by Crippen LogP contribution is 2.14. The van der Waals surface area contributed by atoms with E-state index in [2.05, 4.69) is 0 Å². The summed E-state index contributed by atoms with van der Waals surface area (Å²) < 4.78 is 0. The van der Waals surface area contributed by atoms with E-state index in [-0.39, 0.29) is 12.4 Å². The highest BCUT2D eigenvalue weighted by molar-refractivity contribution is 5.36. The molecule has 0 radical (unpaired) electrons. The molecule has 1 aromatic rings. The third kappa shape index (κ3) is 1.46. The SMILES string of the molecule is Cc1cccc(=O)c(O)c1CO. The van der Waals surface area contributed by atoms with Gasteiger partial charge in [0, 0.05) is 5.56 Å². The summed E-state index contributed by atoms with van der Waals surface area (Å²) in [5, 5.41) is 18.1. The van der Waals surface area contributed by atoms with Crippen molar-refractivity contribution in [2.45, 2.75) is 13.5 Å². The average Bonchev–Trinajstić information content (AvgIpc) is 2.14. The molecule has 0 atom stereocenters. The van der Waals surface area contributed by atoms with Crippen LogP contribution in [-0.4, -0.2) is 10.2 Å². The fourth-order valence-electron chi connectivity index (χ4n) is 0.994. The average molecular weight is 166 g/mol.